The first-order valence-electron chi connectivity index (χ1n) is 4.39. The van der Waals surface area contributed by atoms with Gasteiger partial charge in [-0.25, -0.2) is 0 Å². The molecule has 0 unspecified atom stereocenters. The van der Waals surface area contributed by atoms with Gasteiger partial charge in [-0.1, -0.05) is 23.7 Å². The number of rotatable bonds is 1. The molecule has 2 rings (SSSR count). The van der Waals surface area contributed by atoms with Crippen LogP contribution in [0.4, 0.5) is 0 Å². The maximum absolute atomic E-state index is 10.8. The number of hydrogen-bond donors (Lipinski definition) is 1. The first-order valence-corrected chi connectivity index (χ1v) is 4.77. The van der Waals surface area contributed by atoms with Crippen LogP contribution in [0.1, 0.15) is 11.7 Å². The molecule has 0 aliphatic carbocycles. The van der Waals surface area contributed by atoms with E-state index in [2.05, 4.69) is 5.32 Å². The lowest BCUT2D eigenvalue weighted by molar-refractivity contribution is -0.133. The summed E-state index contributed by atoms with van der Waals surface area (Å²) in [6.45, 7) is 0.660. The minimum atomic E-state index is -0.0600. The molecule has 1 fully saturated rings. The second kappa shape index (κ2) is 3.98. The molecule has 1 atom stereocenters. The first kappa shape index (κ1) is 9.49. The summed E-state index contributed by atoms with van der Waals surface area (Å²) in [6.07, 6.45) is -0.0510. The van der Waals surface area contributed by atoms with Gasteiger partial charge in [-0.05, 0) is 17.7 Å². The van der Waals surface area contributed by atoms with Crippen molar-refractivity contribution in [2.24, 2.45) is 0 Å². The highest BCUT2D eigenvalue weighted by Gasteiger charge is 2.19. The van der Waals surface area contributed by atoms with Crippen molar-refractivity contribution in [3.63, 3.8) is 0 Å². The highest BCUT2D eigenvalue weighted by atomic mass is 35.5. The lowest BCUT2D eigenvalue weighted by Crippen LogP contribution is -2.38. The molecule has 14 heavy (non-hydrogen) atoms. The van der Waals surface area contributed by atoms with Crippen LogP contribution in [-0.2, 0) is 9.53 Å². The third-order valence-electron chi connectivity index (χ3n) is 2.14. The predicted molar refractivity (Wildman–Crippen MR) is 53.2 cm³/mol. The molecule has 1 aliphatic heterocycles. The highest BCUT2D eigenvalue weighted by Crippen LogP contribution is 2.20. The van der Waals surface area contributed by atoms with Crippen LogP contribution in [0.3, 0.4) is 0 Å². The van der Waals surface area contributed by atoms with Crippen molar-refractivity contribution in [2.45, 2.75) is 6.10 Å². The van der Waals surface area contributed by atoms with Crippen LogP contribution >= 0.6 is 11.6 Å². The summed E-state index contributed by atoms with van der Waals surface area (Å²) in [5, 5.41) is 3.45. The van der Waals surface area contributed by atoms with Gasteiger partial charge in [-0.3, -0.25) is 4.79 Å². The number of amides is 1. The lowest BCUT2D eigenvalue weighted by atomic mass is 10.1. The molecule has 0 bridgehead atoms. The van der Waals surface area contributed by atoms with Crippen molar-refractivity contribution in [3.05, 3.63) is 34.9 Å². The number of morpholine rings is 1. The van der Waals surface area contributed by atoms with E-state index in [1.807, 2.05) is 24.3 Å². The van der Waals surface area contributed by atoms with E-state index in [9.17, 15) is 4.79 Å². The Morgan fingerprint density at radius 2 is 2.07 bits per heavy atom. The fourth-order valence-electron chi connectivity index (χ4n) is 1.38. The van der Waals surface area contributed by atoms with Gasteiger partial charge in [-0.2, -0.15) is 0 Å². The Morgan fingerprint density at radius 1 is 1.36 bits per heavy atom. The highest BCUT2D eigenvalue weighted by molar-refractivity contribution is 6.30. The number of halogens is 1. The van der Waals surface area contributed by atoms with Crippen LogP contribution in [0.25, 0.3) is 0 Å². The fraction of sp³-hybridized carbons (Fsp3) is 0.300. The number of benzene rings is 1. The zero-order valence-electron chi connectivity index (χ0n) is 7.50. The molecular formula is C10H10ClNO2. The number of carbonyl (C=O) groups excluding carboxylic acids is 1. The number of carbonyl (C=O) groups is 1. The monoisotopic (exact) mass is 211 g/mol. The van der Waals surface area contributed by atoms with Crippen molar-refractivity contribution in [1.29, 1.82) is 0 Å². The fourth-order valence-corrected chi connectivity index (χ4v) is 1.51. The SMILES string of the molecule is O=C1CO[C@H](c2ccc(Cl)cc2)CN1. The second-order valence-electron chi connectivity index (χ2n) is 3.16. The van der Waals surface area contributed by atoms with E-state index in [1.165, 1.54) is 0 Å². The Kier molecular flexibility index (Phi) is 2.70. The summed E-state index contributed by atoms with van der Waals surface area (Å²) in [4.78, 5) is 10.8. The van der Waals surface area contributed by atoms with Gasteiger partial charge >= 0.3 is 0 Å². The molecule has 1 aromatic rings. The molecule has 3 nitrogen and oxygen atoms in total. The minimum absolute atomic E-state index is 0.0510. The normalized spacial score (nSPS) is 21.8. The third kappa shape index (κ3) is 2.05. The Balaban J connectivity index is 2.08. The number of ether oxygens (including phenoxy) is 1. The maximum Gasteiger partial charge on any atom is 0.246 e. The summed E-state index contributed by atoms with van der Waals surface area (Å²) in [5.74, 6) is -0.0600. The van der Waals surface area contributed by atoms with Crippen molar-refractivity contribution in [3.8, 4) is 0 Å². The minimum Gasteiger partial charge on any atom is -0.362 e. The van der Waals surface area contributed by atoms with Crippen LogP contribution in [0, 0.1) is 0 Å². The van der Waals surface area contributed by atoms with Crippen LogP contribution in [0.5, 0.6) is 0 Å². The van der Waals surface area contributed by atoms with Gasteiger partial charge in [0.05, 0.1) is 0 Å². The molecule has 4 heteroatoms. The molecule has 1 N–H and O–H groups in total. The zero-order valence-corrected chi connectivity index (χ0v) is 8.25. The molecule has 1 saturated heterocycles. The number of hydrogen-bond acceptors (Lipinski definition) is 2. The maximum atomic E-state index is 10.8. The van der Waals surface area contributed by atoms with E-state index >= 15 is 0 Å². The van der Waals surface area contributed by atoms with Gasteiger partial charge in [0.1, 0.15) is 12.7 Å². The van der Waals surface area contributed by atoms with Crippen LogP contribution in [-0.4, -0.2) is 19.1 Å². The molecule has 0 aromatic heterocycles. The molecule has 1 aromatic carbocycles. The topological polar surface area (TPSA) is 38.3 Å². The average Bonchev–Trinajstić information content (AvgIpc) is 2.21. The molecule has 1 amide bonds. The Hall–Kier alpha value is -1.06. The summed E-state index contributed by atoms with van der Waals surface area (Å²) >= 11 is 5.76. The van der Waals surface area contributed by atoms with E-state index in [-0.39, 0.29) is 18.6 Å². The molecule has 0 saturated carbocycles. The van der Waals surface area contributed by atoms with E-state index < -0.39 is 0 Å². The van der Waals surface area contributed by atoms with Gasteiger partial charge in [-0.15, -0.1) is 0 Å². The van der Waals surface area contributed by atoms with Gasteiger partial charge < -0.3 is 10.1 Å². The zero-order chi connectivity index (χ0) is 9.97. The Labute approximate surface area is 87.0 Å². The summed E-state index contributed by atoms with van der Waals surface area (Å²) in [7, 11) is 0. The van der Waals surface area contributed by atoms with Gasteiger partial charge in [0.15, 0.2) is 0 Å². The van der Waals surface area contributed by atoms with Crippen molar-refractivity contribution >= 4 is 17.5 Å². The van der Waals surface area contributed by atoms with Gasteiger partial charge in [0, 0.05) is 11.6 Å². The van der Waals surface area contributed by atoms with Gasteiger partial charge in [0.2, 0.25) is 5.91 Å². The van der Waals surface area contributed by atoms with Crippen LogP contribution in [0.2, 0.25) is 5.02 Å². The number of nitrogens with one attached hydrogen (secondary N) is 1. The van der Waals surface area contributed by atoms with Gasteiger partial charge in [0.25, 0.3) is 0 Å². The van der Waals surface area contributed by atoms with Crippen LogP contribution in [0.15, 0.2) is 24.3 Å². The predicted octanol–water partition coefficient (Wildman–Crippen LogP) is 1.53. The molecular weight excluding hydrogens is 202 g/mol. The first-order chi connectivity index (χ1) is 6.75. The summed E-state index contributed by atoms with van der Waals surface area (Å²) < 4.78 is 5.36. The standard InChI is InChI=1S/C10H10ClNO2/c11-8-3-1-7(2-4-8)9-5-12-10(13)6-14-9/h1-4,9H,5-6H2,(H,12,13)/t9-/m0/s1. The summed E-state index contributed by atoms with van der Waals surface area (Å²) in [5.41, 5.74) is 1.04. The van der Waals surface area contributed by atoms with Crippen molar-refractivity contribution in [1.82, 2.24) is 5.32 Å². The third-order valence-corrected chi connectivity index (χ3v) is 2.39. The molecule has 1 aliphatic rings. The molecule has 1 heterocycles. The smallest absolute Gasteiger partial charge is 0.246 e. The quantitative estimate of drug-likeness (QED) is 0.765. The Morgan fingerprint density at radius 3 is 2.64 bits per heavy atom. The Bertz CT molecular complexity index is 326. The van der Waals surface area contributed by atoms with Crippen molar-refractivity contribution in [2.75, 3.05) is 13.2 Å². The summed E-state index contributed by atoms with van der Waals surface area (Å²) in [6, 6.07) is 7.45. The average molecular weight is 212 g/mol. The molecule has 74 valence electrons. The van der Waals surface area contributed by atoms with E-state index in [4.69, 9.17) is 16.3 Å². The lowest BCUT2D eigenvalue weighted by Gasteiger charge is -2.23. The van der Waals surface area contributed by atoms with Crippen LogP contribution < -0.4 is 5.32 Å². The molecule has 0 radical (unpaired) electrons. The van der Waals surface area contributed by atoms with Crippen molar-refractivity contribution < 1.29 is 9.53 Å². The second-order valence-corrected chi connectivity index (χ2v) is 3.59. The van der Waals surface area contributed by atoms with E-state index in [0.717, 1.165) is 5.56 Å². The van der Waals surface area contributed by atoms with E-state index in [1.54, 1.807) is 0 Å². The largest absolute Gasteiger partial charge is 0.362 e. The molecule has 0 spiro atoms. The van der Waals surface area contributed by atoms with E-state index in [0.29, 0.717) is 11.6 Å².